The Kier molecular flexibility index (Phi) is 3.72. The minimum absolute atomic E-state index is 1.02. The first-order valence-electron chi connectivity index (χ1n) is 7.51. The van der Waals surface area contributed by atoms with Gasteiger partial charge in [0, 0.05) is 31.0 Å². The fourth-order valence-corrected chi connectivity index (χ4v) is 2.77. The Labute approximate surface area is 110 Å². The van der Waals surface area contributed by atoms with E-state index in [9.17, 15) is 0 Å². The Hall–Kier alpha value is -1.18. The van der Waals surface area contributed by atoms with E-state index in [0.717, 1.165) is 12.5 Å². The molecule has 1 aromatic rings. The molecule has 1 N–H and O–H groups in total. The van der Waals surface area contributed by atoms with E-state index in [0.29, 0.717) is 0 Å². The van der Waals surface area contributed by atoms with Gasteiger partial charge in [0.1, 0.15) is 0 Å². The maximum absolute atomic E-state index is 3.53. The molecule has 1 aliphatic heterocycles. The molecule has 0 unspecified atom stereocenters. The van der Waals surface area contributed by atoms with Gasteiger partial charge in [-0.2, -0.15) is 0 Å². The summed E-state index contributed by atoms with van der Waals surface area (Å²) in [6.07, 6.45) is 8.35. The number of nitrogens with one attached hydrogen (secondary N) is 1. The lowest BCUT2D eigenvalue weighted by atomic mass is 10.1. The summed E-state index contributed by atoms with van der Waals surface area (Å²) in [7, 11) is 0. The van der Waals surface area contributed by atoms with Crippen molar-refractivity contribution in [3.05, 3.63) is 24.3 Å². The molecule has 2 fully saturated rings. The van der Waals surface area contributed by atoms with E-state index in [1.54, 1.807) is 0 Å². The Balaban J connectivity index is 1.50. The number of benzene rings is 1. The third kappa shape index (κ3) is 3.18. The van der Waals surface area contributed by atoms with Gasteiger partial charge in [-0.3, -0.25) is 0 Å². The van der Waals surface area contributed by atoms with Crippen LogP contribution in [0.3, 0.4) is 0 Å². The van der Waals surface area contributed by atoms with Crippen molar-refractivity contribution in [3.8, 4) is 0 Å². The minimum Gasteiger partial charge on any atom is -0.385 e. The zero-order chi connectivity index (χ0) is 12.2. The zero-order valence-corrected chi connectivity index (χ0v) is 11.2. The number of hydrogen-bond donors (Lipinski definition) is 1. The van der Waals surface area contributed by atoms with Crippen molar-refractivity contribution < 1.29 is 0 Å². The zero-order valence-electron chi connectivity index (χ0n) is 11.2. The van der Waals surface area contributed by atoms with E-state index in [1.807, 2.05) is 0 Å². The molecule has 0 aromatic heterocycles. The van der Waals surface area contributed by atoms with Crippen molar-refractivity contribution in [3.63, 3.8) is 0 Å². The summed E-state index contributed by atoms with van der Waals surface area (Å²) in [6, 6.07) is 9.00. The highest BCUT2D eigenvalue weighted by Crippen LogP contribution is 2.32. The highest BCUT2D eigenvalue weighted by molar-refractivity contribution is 5.55. The molecular formula is C16H24N2. The van der Waals surface area contributed by atoms with Crippen LogP contribution in [-0.4, -0.2) is 19.6 Å². The molecule has 0 amide bonds. The van der Waals surface area contributed by atoms with Crippen molar-refractivity contribution >= 4 is 11.4 Å². The highest BCUT2D eigenvalue weighted by Gasteiger charge is 2.20. The number of hydrogen-bond acceptors (Lipinski definition) is 2. The van der Waals surface area contributed by atoms with Gasteiger partial charge in [0.2, 0.25) is 0 Å². The van der Waals surface area contributed by atoms with Crippen LogP contribution in [0.1, 0.15) is 38.5 Å². The molecule has 0 spiro atoms. The molecule has 2 aliphatic rings. The van der Waals surface area contributed by atoms with Gasteiger partial charge in [0.05, 0.1) is 0 Å². The fraction of sp³-hybridized carbons (Fsp3) is 0.625. The van der Waals surface area contributed by atoms with E-state index in [1.165, 1.54) is 63.0 Å². The largest absolute Gasteiger partial charge is 0.385 e. The molecule has 0 radical (unpaired) electrons. The minimum atomic E-state index is 1.02. The van der Waals surface area contributed by atoms with Crippen LogP contribution >= 0.6 is 0 Å². The molecule has 2 nitrogen and oxygen atoms in total. The van der Waals surface area contributed by atoms with E-state index >= 15 is 0 Å². The lowest BCUT2D eigenvalue weighted by Crippen LogP contribution is -2.29. The van der Waals surface area contributed by atoms with Crippen molar-refractivity contribution in [1.82, 2.24) is 0 Å². The Bertz CT molecular complexity index is 361. The van der Waals surface area contributed by atoms with Crippen LogP contribution in [0.2, 0.25) is 0 Å². The second-order valence-electron chi connectivity index (χ2n) is 5.75. The van der Waals surface area contributed by atoms with Gasteiger partial charge < -0.3 is 10.2 Å². The molecule has 1 heterocycles. The number of nitrogens with zero attached hydrogens (tertiary/aromatic N) is 1. The fourth-order valence-electron chi connectivity index (χ4n) is 2.77. The topological polar surface area (TPSA) is 15.3 Å². The average Bonchev–Trinajstić information content (AvgIpc) is 3.25. The predicted octanol–water partition coefficient (Wildman–Crippen LogP) is 3.89. The highest BCUT2D eigenvalue weighted by atomic mass is 15.1. The van der Waals surface area contributed by atoms with Crippen molar-refractivity contribution in [2.24, 2.45) is 5.92 Å². The van der Waals surface area contributed by atoms with Crippen LogP contribution in [0.15, 0.2) is 24.3 Å². The Morgan fingerprint density at radius 1 is 1.00 bits per heavy atom. The van der Waals surface area contributed by atoms with Crippen molar-refractivity contribution in [2.45, 2.75) is 38.5 Å². The van der Waals surface area contributed by atoms with Gasteiger partial charge in [-0.05, 0) is 55.9 Å². The summed E-state index contributed by atoms with van der Waals surface area (Å²) in [4.78, 5) is 2.51. The first-order chi connectivity index (χ1) is 8.92. The van der Waals surface area contributed by atoms with Crippen molar-refractivity contribution in [2.75, 3.05) is 29.9 Å². The molecule has 1 aliphatic carbocycles. The predicted molar refractivity (Wildman–Crippen MR) is 78.3 cm³/mol. The third-order valence-corrected chi connectivity index (χ3v) is 4.17. The van der Waals surface area contributed by atoms with Crippen LogP contribution in [0.25, 0.3) is 0 Å². The van der Waals surface area contributed by atoms with Gasteiger partial charge in [-0.25, -0.2) is 0 Å². The van der Waals surface area contributed by atoms with Gasteiger partial charge in [0.25, 0.3) is 0 Å². The quantitative estimate of drug-likeness (QED) is 0.845. The smallest absolute Gasteiger partial charge is 0.0367 e. The van der Waals surface area contributed by atoms with E-state index in [2.05, 4.69) is 34.5 Å². The summed E-state index contributed by atoms with van der Waals surface area (Å²) < 4.78 is 0. The van der Waals surface area contributed by atoms with Crippen LogP contribution in [-0.2, 0) is 0 Å². The Morgan fingerprint density at radius 2 is 1.72 bits per heavy atom. The van der Waals surface area contributed by atoms with Gasteiger partial charge in [-0.1, -0.05) is 12.8 Å². The second-order valence-corrected chi connectivity index (χ2v) is 5.75. The SMILES string of the molecule is c1cc(N2CCCCC2)ccc1NCCC1CC1. The lowest BCUT2D eigenvalue weighted by molar-refractivity contribution is 0.578. The van der Waals surface area contributed by atoms with Crippen LogP contribution in [0.4, 0.5) is 11.4 Å². The summed E-state index contributed by atoms with van der Waals surface area (Å²) in [5.41, 5.74) is 2.67. The molecule has 98 valence electrons. The molecule has 1 saturated carbocycles. The number of anilines is 2. The molecule has 3 rings (SSSR count). The molecule has 0 atom stereocenters. The van der Waals surface area contributed by atoms with Crippen molar-refractivity contribution in [1.29, 1.82) is 0 Å². The Morgan fingerprint density at radius 3 is 2.39 bits per heavy atom. The molecule has 1 saturated heterocycles. The summed E-state index contributed by atoms with van der Waals surface area (Å²) in [5.74, 6) is 1.02. The van der Waals surface area contributed by atoms with Gasteiger partial charge >= 0.3 is 0 Å². The van der Waals surface area contributed by atoms with Gasteiger partial charge in [-0.15, -0.1) is 0 Å². The van der Waals surface area contributed by atoms with Gasteiger partial charge in [0.15, 0.2) is 0 Å². The molecule has 1 aromatic carbocycles. The van der Waals surface area contributed by atoms with Crippen LogP contribution in [0, 0.1) is 5.92 Å². The number of piperidine rings is 1. The normalized spacial score (nSPS) is 19.9. The number of rotatable bonds is 5. The summed E-state index contributed by atoms with van der Waals surface area (Å²) >= 11 is 0. The van der Waals surface area contributed by atoms with E-state index in [4.69, 9.17) is 0 Å². The lowest BCUT2D eigenvalue weighted by Gasteiger charge is -2.28. The monoisotopic (exact) mass is 244 g/mol. The third-order valence-electron chi connectivity index (χ3n) is 4.17. The summed E-state index contributed by atoms with van der Waals surface area (Å²) in [5, 5.41) is 3.53. The first kappa shape index (κ1) is 11.9. The summed E-state index contributed by atoms with van der Waals surface area (Å²) in [6.45, 7) is 3.59. The second kappa shape index (κ2) is 5.64. The maximum Gasteiger partial charge on any atom is 0.0367 e. The van der Waals surface area contributed by atoms with Crippen LogP contribution < -0.4 is 10.2 Å². The first-order valence-corrected chi connectivity index (χ1v) is 7.51. The maximum atomic E-state index is 3.53. The van der Waals surface area contributed by atoms with Crippen LogP contribution in [0.5, 0.6) is 0 Å². The van der Waals surface area contributed by atoms with E-state index < -0.39 is 0 Å². The molecular weight excluding hydrogens is 220 g/mol. The standard InChI is InChI=1S/C16H24N2/c1-2-12-18(13-3-1)16-8-6-15(7-9-16)17-11-10-14-4-5-14/h6-9,14,17H,1-5,10-13H2. The molecule has 2 heteroatoms. The van der Waals surface area contributed by atoms with E-state index in [-0.39, 0.29) is 0 Å². The molecule has 18 heavy (non-hydrogen) atoms. The molecule has 0 bridgehead atoms. The average molecular weight is 244 g/mol.